The standard InChI is InChI=1S/C34H37ClFN3O3S/c1-7-21(12-17-25(36)8-2)31-29(33(41)37-5)27-20-22(30-26(32(27)42-31)18-19-39(30)43-6)10-9-11-28(40)38-34(3,4)23-13-15-24(35)16-14-23/h7,9,11-20,22,30H,1,8,10H2,2-6H3,(H,37,41)(H,38,40)/b11-9+,21-12+,25-17+. The van der Waals surface area contributed by atoms with Crippen molar-refractivity contribution in [2.75, 3.05) is 13.3 Å². The minimum atomic E-state index is -0.592. The maximum absolute atomic E-state index is 14.0. The van der Waals surface area contributed by atoms with Crippen molar-refractivity contribution >= 4 is 52.6 Å². The van der Waals surface area contributed by atoms with Gasteiger partial charge < -0.3 is 19.4 Å². The molecule has 1 aliphatic carbocycles. The predicted molar refractivity (Wildman–Crippen MR) is 175 cm³/mol. The van der Waals surface area contributed by atoms with Gasteiger partial charge in [-0.3, -0.25) is 9.59 Å². The van der Waals surface area contributed by atoms with E-state index in [0.717, 1.165) is 11.1 Å². The zero-order valence-corrected chi connectivity index (χ0v) is 26.6. The highest BCUT2D eigenvalue weighted by molar-refractivity contribution is 7.96. The van der Waals surface area contributed by atoms with Crippen LogP contribution in [0.2, 0.25) is 5.02 Å². The molecule has 9 heteroatoms. The van der Waals surface area contributed by atoms with Crippen molar-refractivity contribution in [2.24, 2.45) is 5.92 Å². The van der Waals surface area contributed by atoms with Crippen LogP contribution in [0.5, 0.6) is 0 Å². The maximum atomic E-state index is 14.0. The van der Waals surface area contributed by atoms with Gasteiger partial charge in [-0.25, -0.2) is 4.39 Å². The molecule has 1 aromatic carbocycles. The van der Waals surface area contributed by atoms with E-state index in [2.05, 4.69) is 21.5 Å². The number of nitrogens with zero attached hydrogens (tertiary/aromatic N) is 1. The molecule has 0 saturated carbocycles. The summed E-state index contributed by atoms with van der Waals surface area (Å²) in [4.78, 5) is 26.1. The number of benzene rings is 1. The summed E-state index contributed by atoms with van der Waals surface area (Å²) in [5, 5.41) is 7.09. The summed E-state index contributed by atoms with van der Waals surface area (Å²) in [7, 11) is 1.56. The van der Waals surface area contributed by atoms with E-state index in [1.165, 1.54) is 6.08 Å². The van der Waals surface area contributed by atoms with Gasteiger partial charge in [0.15, 0.2) is 0 Å². The number of rotatable bonds is 11. The van der Waals surface area contributed by atoms with Gasteiger partial charge in [0.2, 0.25) is 5.91 Å². The molecule has 43 heavy (non-hydrogen) atoms. The molecule has 0 fully saturated rings. The van der Waals surface area contributed by atoms with Crippen LogP contribution in [-0.4, -0.2) is 35.5 Å². The van der Waals surface area contributed by atoms with E-state index in [1.807, 2.05) is 56.7 Å². The molecule has 4 rings (SSSR count). The van der Waals surface area contributed by atoms with Gasteiger partial charge in [0.25, 0.3) is 5.91 Å². The van der Waals surface area contributed by atoms with Crippen molar-refractivity contribution in [3.8, 4) is 0 Å². The van der Waals surface area contributed by atoms with Gasteiger partial charge in [-0.1, -0.05) is 67.4 Å². The first kappa shape index (κ1) is 32.2. The highest BCUT2D eigenvalue weighted by atomic mass is 35.5. The third-order valence-corrected chi connectivity index (χ3v) is 8.62. The number of allylic oxidation sites excluding steroid dienone is 6. The number of halogens is 2. The van der Waals surface area contributed by atoms with E-state index in [1.54, 1.807) is 56.3 Å². The minimum absolute atomic E-state index is 0.0640. The fourth-order valence-corrected chi connectivity index (χ4v) is 6.12. The first-order valence-corrected chi connectivity index (χ1v) is 15.7. The number of hydrogen-bond acceptors (Lipinski definition) is 5. The Hall–Kier alpha value is -3.75. The van der Waals surface area contributed by atoms with Crippen molar-refractivity contribution in [2.45, 2.75) is 45.2 Å². The Labute approximate surface area is 261 Å². The third kappa shape index (κ3) is 6.92. The summed E-state index contributed by atoms with van der Waals surface area (Å²) in [6, 6.07) is 7.34. The van der Waals surface area contributed by atoms with E-state index < -0.39 is 5.54 Å². The second-order valence-electron chi connectivity index (χ2n) is 10.8. The summed E-state index contributed by atoms with van der Waals surface area (Å²) in [6.07, 6.45) is 16.8. The zero-order valence-electron chi connectivity index (χ0n) is 25.0. The number of carbonyl (C=O) groups excluding carboxylic acids is 2. The maximum Gasteiger partial charge on any atom is 0.255 e. The largest absolute Gasteiger partial charge is 0.455 e. The quantitative estimate of drug-likeness (QED) is 0.179. The van der Waals surface area contributed by atoms with E-state index in [-0.39, 0.29) is 36.0 Å². The summed E-state index contributed by atoms with van der Waals surface area (Å²) >= 11 is 7.61. The number of amides is 2. The Morgan fingerprint density at radius 2 is 1.95 bits per heavy atom. The summed E-state index contributed by atoms with van der Waals surface area (Å²) < 4.78 is 22.5. The molecule has 2 unspecified atom stereocenters. The van der Waals surface area contributed by atoms with Gasteiger partial charge >= 0.3 is 0 Å². The number of fused-ring (bicyclic) bond motifs is 2. The molecule has 1 aromatic heterocycles. The molecule has 2 amide bonds. The lowest BCUT2D eigenvalue weighted by Gasteiger charge is -2.31. The van der Waals surface area contributed by atoms with Crippen molar-refractivity contribution in [1.82, 2.24) is 14.9 Å². The van der Waals surface area contributed by atoms with Gasteiger partial charge in [-0.15, -0.1) is 0 Å². The van der Waals surface area contributed by atoms with Gasteiger partial charge in [-0.05, 0) is 68.7 Å². The molecular weight excluding hydrogens is 585 g/mol. The first-order chi connectivity index (χ1) is 20.5. The summed E-state index contributed by atoms with van der Waals surface area (Å²) in [5.74, 6) is -0.555. The second-order valence-corrected chi connectivity index (χ2v) is 12.0. The molecular formula is C34H37ClFN3O3S. The highest BCUT2D eigenvalue weighted by Crippen LogP contribution is 2.36. The number of hydrogen-bond donors (Lipinski definition) is 2. The minimum Gasteiger partial charge on any atom is -0.455 e. The zero-order chi connectivity index (χ0) is 31.3. The van der Waals surface area contributed by atoms with Crippen LogP contribution in [-0.2, 0) is 10.3 Å². The van der Waals surface area contributed by atoms with E-state index in [4.69, 9.17) is 16.0 Å². The summed E-state index contributed by atoms with van der Waals surface area (Å²) in [5.41, 5.74) is 2.76. The van der Waals surface area contributed by atoms with Crippen LogP contribution in [0, 0.1) is 5.92 Å². The SMILES string of the molecule is C=C/C(=C\C=C(\F)CC)c1oc2c(c1C(=O)NC)=CC(C/C=C/C(=O)NC(C)(C)c1ccc(Cl)cc1)C1C=2C=CN1SC. The Morgan fingerprint density at radius 1 is 1.23 bits per heavy atom. The third-order valence-electron chi connectivity index (χ3n) is 7.60. The Balaban J connectivity index is 1.71. The molecule has 2 atom stereocenters. The van der Waals surface area contributed by atoms with Gasteiger partial charge in [-0.2, -0.15) is 0 Å². The Bertz CT molecular complexity index is 1650. The average molecular weight is 622 g/mol. The highest BCUT2D eigenvalue weighted by Gasteiger charge is 2.36. The molecule has 0 spiro atoms. The van der Waals surface area contributed by atoms with Crippen LogP contribution >= 0.6 is 23.5 Å². The van der Waals surface area contributed by atoms with Crippen LogP contribution in [0.4, 0.5) is 4.39 Å². The molecule has 2 aromatic rings. The molecule has 2 aliphatic rings. The normalized spacial score (nSPS) is 18.4. The molecule has 6 nitrogen and oxygen atoms in total. The Morgan fingerprint density at radius 3 is 2.58 bits per heavy atom. The molecule has 226 valence electrons. The van der Waals surface area contributed by atoms with Crippen molar-refractivity contribution < 1.29 is 18.4 Å². The van der Waals surface area contributed by atoms with Crippen LogP contribution in [0.15, 0.2) is 83.7 Å². The van der Waals surface area contributed by atoms with Crippen molar-refractivity contribution in [3.05, 3.63) is 112 Å². The van der Waals surface area contributed by atoms with E-state index in [9.17, 15) is 14.0 Å². The fraction of sp³-hybridized carbons (Fsp3) is 0.294. The summed E-state index contributed by atoms with van der Waals surface area (Å²) in [6.45, 7) is 9.48. The topological polar surface area (TPSA) is 74.6 Å². The first-order valence-electron chi connectivity index (χ1n) is 14.1. The molecule has 2 N–H and O–H groups in total. The van der Waals surface area contributed by atoms with Crippen LogP contribution in [0.25, 0.3) is 17.2 Å². The van der Waals surface area contributed by atoms with Gasteiger partial charge in [0, 0.05) is 46.8 Å². The average Bonchev–Trinajstić information content (AvgIpc) is 3.59. The molecule has 0 radical (unpaired) electrons. The molecule has 0 saturated heterocycles. The van der Waals surface area contributed by atoms with Crippen molar-refractivity contribution in [3.63, 3.8) is 0 Å². The second kappa shape index (κ2) is 13.7. The van der Waals surface area contributed by atoms with Crippen LogP contribution in [0.1, 0.15) is 55.3 Å². The monoisotopic (exact) mass is 621 g/mol. The molecule has 1 aliphatic heterocycles. The molecule has 0 bridgehead atoms. The lowest BCUT2D eigenvalue weighted by molar-refractivity contribution is -0.118. The fourth-order valence-electron chi connectivity index (χ4n) is 5.31. The number of furan rings is 1. The number of nitrogens with one attached hydrogen (secondary N) is 2. The van der Waals surface area contributed by atoms with E-state index >= 15 is 0 Å². The lowest BCUT2D eigenvalue weighted by atomic mass is 9.86. The van der Waals surface area contributed by atoms with Gasteiger partial charge in [0.1, 0.15) is 11.2 Å². The predicted octanol–water partition coefficient (Wildman–Crippen LogP) is 6.16. The Kier molecular flexibility index (Phi) is 10.2. The molecule has 2 heterocycles. The lowest BCUT2D eigenvalue weighted by Crippen LogP contribution is -2.42. The van der Waals surface area contributed by atoms with Crippen molar-refractivity contribution in [1.29, 1.82) is 0 Å². The van der Waals surface area contributed by atoms with Crippen LogP contribution in [0.3, 0.4) is 0 Å². The van der Waals surface area contributed by atoms with Crippen LogP contribution < -0.4 is 21.3 Å². The smallest absolute Gasteiger partial charge is 0.255 e. The number of carbonyl (C=O) groups is 2. The van der Waals surface area contributed by atoms with Gasteiger partial charge in [0.05, 0.1) is 23.0 Å². The van der Waals surface area contributed by atoms with E-state index in [0.29, 0.717) is 39.0 Å².